The summed E-state index contributed by atoms with van der Waals surface area (Å²) in [5.41, 5.74) is 2.42. The number of aromatic carboxylic acids is 1. The van der Waals surface area contributed by atoms with Gasteiger partial charge in [-0.15, -0.1) is 11.6 Å². The maximum absolute atomic E-state index is 12.4. The van der Waals surface area contributed by atoms with Gasteiger partial charge in [0.1, 0.15) is 0 Å². The van der Waals surface area contributed by atoms with E-state index < -0.39 is 12.1 Å². The first-order valence-corrected chi connectivity index (χ1v) is 23.0. The largest absolute Gasteiger partial charge is 0.478 e. The van der Waals surface area contributed by atoms with Crippen LogP contribution in [0.25, 0.3) is 0 Å². The molecule has 1 aromatic rings. The fraction of sp³-hybridized carbons (Fsp3) is 0.750. The zero-order valence-electron chi connectivity index (χ0n) is 34.7. The topological polar surface area (TPSA) is 104 Å². The summed E-state index contributed by atoms with van der Waals surface area (Å²) in [5, 5.41) is 31.1. The molecule has 1 aromatic carbocycles. The predicted molar refractivity (Wildman–Crippen MR) is 228 cm³/mol. The monoisotopic (exact) mass is 785 g/mol. The number of aliphatic hydroxyl groups is 2. The summed E-state index contributed by atoms with van der Waals surface area (Å²) in [4.78, 5) is 24.3. The number of carboxylic acid groups (broad SMARTS) is 1. The third-order valence-corrected chi connectivity index (χ3v) is 13.2. The van der Waals surface area contributed by atoms with Gasteiger partial charge in [-0.05, 0) is 106 Å². The lowest BCUT2D eigenvalue weighted by molar-refractivity contribution is -0.143. The van der Waals surface area contributed by atoms with Gasteiger partial charge in [0.15, 0.2) is 0 Å². The molecule has 2 aliphatic rings. The molecular formula is C48H77ClO6. The Bertz CT molecular complexity index is 1270. The molecule has 7 heteroatoms. The second-order valence-corrected chi connectivity index (χ2v) is 17.4. The Balaban J connectivity index is 1.25. The number of benzene rings is 1. The first-order valence-electron chi connectivity index (χ1n) is 22.5. The Labute approximate surface area is 339 Å². The van der Waals surface area contributed by atoms with Gasteiger partial charge < -0.3 is 20.1 Å². The molecule has 0 heterocycles. The smallest absolute Gasteiger partial charge is 0.335 e. The third kappa shape index (κ3) is 17.5. The molecule has 2 fully saturated rings. The van der Waals surface area contributed by atoms with Crippen molar-refractivity contribution in [1.29, 1.82) is 0 Å². The lowest BCUT2D eigenvalue weighted by Gasteiger charge is -2.45. The molecule has 0 saturated heterocycles. The molecule has 0 spiro atoms. The number of ether oxygens (including phenoxy) is 1. The standard InChI is InChI=1S/C48H77ClO6/c1-3-5-6-7-8-9-10-11-12-13-14-15-16-19-25-38-31-32-40(47(53)54)39(36-38)26-23-35-55-46(52)30-21-18-17-20-27-41-42(44(50)37-43(41)49)28-22-29-45(51)48(4-2)33-24-34-48/h17,20,22,28,31-32,36,41-45,50-51H,3-16,18-19,21,23-27,29-30,33-35,37H2,1-2H3,(H,53,54)/t41-,42-,43-,44-,45+/m1/s1. The first-order chi connectivity index (χ1) is 26.7. The molecule has 2 aliphatic carbocycles. The molecule has 5 atom stereocenters. The van der Waals surface area contributed by atoms with Crippen LogP contribution in [0.2, 0.25) is 0 Å². The summed E-state index contributed by atoms with van der Waals surface area (Å²) in [6.07, 6.45) is 36.5. The van der Waals surface area contributed by atoms with Crippen molar-refractivity contribution in [1.82, 2.24) is 0 Å². The van der Waals surface area contributed by atoms with E-state index in [0.29, 0.717) is 44.1 Å². The van der Waals surface area contributed by atoms with Gasteiger partial charge in [-0.3, -0.25) is 4.79 Å². The van der Waals surface area contributed by atoms with Crippen molar-refractivity contribution in [2.75, 3.05) is 6.61 Å². The molecule has 6 nitrogen and oxygen atoms in total. The van der Waals surface area contributed by atoms with Crippen molar-refractivity contribution in [3.05, 3.63) is 59.2 Å². The predicted octanol–water partition coefficient (Wildman–Crippen LogP) is 12.5. The number of rotatable bonds is 31. The number of aryl methyl sites for hydroxylation is 2. The number of hydrogen-bond donors (Lipinski definition) is 3. The molecule has 3 N–H and O–H groups in total. The SMILES string of the molecule is CCCCCCCCCCCCCCCCc1ccc(C(=O)O)c(CCCOC(=O)CCCC=CC[C@@H]2[C@@H](C=CC[C@H](O)C3(CC)CCC3)[C@H](O)C[C@H]2Cl)c1. The maximum Gasteiger partial charge on any atom is 0.335 e. The van der Waals surface area contributed by atoms with E-state index in [1.165, 1.54) is 95.5 Å². The molecule has 0 radical (unpaired) electrons. The van der Waals surface area contributed by atoms with Gasteiger partial charge in [-0.1, -0.05) is 140 Å². The minimum absolute atomic E-state index is 0.0173. The minimum atomic E-state index is -0.912. The first kappa shape index (κ1) is 47.2. The Kier molecular flexibility index (Phi) is 23.6. The van der Waals surface area contributed by atoms with E-state index in [9.17, 15) is 24.9 Å². The zero-order valence-corrected chi connectivity index (χ0v) is 35.4. The summed E-state index contributed by atoms with van der Waals surface area (Å²) in [7, 11) is 0. The summed E-state index contributed by atoms with van der Waals surface area (Å²) in [5.74, 6) is -1.01. The second-order valence-electron chi connectivity index (χ2n) is 16.9. The van der Waals surface area contributed by atoms with Crippen molar-refractivity contribution < 1.29 is 29.6 Å². The van der Waals surface area contributed by atoms with Gasteiger partial charge in [0, 0.05) is 17.7 Å². The highest BCUT2D eigenvalue weighted by atomic mass is 35.5. The molecule has 3 rings (SSSR count). The van der Waals surface area contributed by atoms with E-state index in [4.69, 9.17) is 16.3 Å². The van der Waals surface area contributed by atoms with Crippen LogP contribution < -0.4 is 0 Å². The van der Waals surface area contributed by atoms with Gasteiger partial charge >= 0.3 is 11.9 Å². The summed E-state index contributed by atoms with van der Waals surface area (Å²) in [6.45, 7) is 4.72. The van der Waals surface area contributed by atoms with Crippen molar-refractivity contribution >= 4 is 23.5 Å². The van der Waals surface area contributed by atoms with Gasteiger partial charge in [-0.25, -0.2) is 4.79 Å². The number of allylic oxidation sites excluding steroid dienone is 2. The summed E-state index contributed by atoms with van der Waals surface area (Å²) < 4.78 is 5.49. The van der Waals surface area contributed by atoms with E-state index >= 15 is 0 Å². The number of aliphatic hydroxyl groups excluding tert-OH is 2. The summed E-state index contributed by atoms with van der Waals surface area (Å²) >= 11 is 6.65. The minimum Gasteiger partial charge on any atom is -0.478 e. The van der Waals surface area contributed by atoms with Gasteiger partial charge in [-0.2, -0.15) is 0 Å². The van der Waals surface area contributed by atoms with Crippen molar-refractivity contribution in [3.8, 4) is 0 Å². The molecule has 2 saturated carbocycles. The maximum atomic E-state index is 12.4. The highest BCUT2D eigenvalue weighted by Crippen LogP contribution is 2.48. The number of carboxylic acids is 1. The normalized spacial score (nSPS) is 21.3. The Hall–Kier alpha value is -2.15. The van der Waals surface area contributed by atoms with Crippen LogP contribution in [-0.4, -0.2) is 51.5 Å². The van der Waals surface area contributed by atoms with E-state index in [-0.39, 0.29) is 41.3 Å². The average Bonchev–Trinajstić information content (AvgIpc) is 3.42. The van der Waals surface area contributed by atoms with E-state index in [1.807, 2.05) is 12.1 Å². The number of hydrogen-bond acceptors (Lipinski definition) is 5. The van der Waals surface area contributed by atoms with Crippen molar-refractivity contribution in [2.45, 2.75) is 205 Å². The molecule has 0 aromatic heterocycles. The second kappa shape index (κ2) is 27.5. The van der Waals surface area contributed by atoms with Crippen LogP contribution in [0.3, 0.4) is 0 Å². The fourth-order valence-electron chi connectivity index (χ4n) is 8.83. The van der Waals surface area contributed by atoms with Crippen LogP contribution in [0.4, 0.5) is 0 Å². The molecular weight excluding hydrogens is 708 g/mol. The molecule has 0 amide bonds. The van der Waals surface area contributed by atoms with Gasteiger partial charge in [0.05, 0.1) is 24.4 Å². The lowest BCUT2D eigenvalue weighted by atomic mass is 9.63. The highest BCUT2D eigenvalue weighted by molar-refractivity contribution is 6.21. The number of carbonyl (C=O) groups excluding carboxylic acids is 1. The Morgan fingerprint density at radius 3 is 2.13 bits per heavy atom. The summed E-state index contributed by atoms with van der Waals surface area (Å²) in [6, 6.07) is 5.73. The molecule has 0 unspecified atom stereocenters. The van der Waals surface area contributed by atoms with E-state index in [0.717, 1.165) is 50.5 Å². The van der Waals surface area contributed by atoms with Gasteiger partial charge in [0.2, 0.25) is 0 Å². The number of halogens is 1. The van der Waals surface area contributed by atoms with Crippen molar-refractivity contribution in [3.63, 3.8) is 0 Å². The quantitative estimate of drug-likeness (QED) is 0.0300. The molecule has 0 aliphatic heterocycles. The number of carbonyl (C=O) groups is 2. The average molecular weight is 786 g/mol. The number of unbranched alkanes of at least 4 members (excludes halogenated alkanes) is 14. The highest BCUT2D eigenvalue weighted by Gasteiger charge is 2.42. The lowest BCUT2D eigenvalue weighted by Crippen LogP contribution is -2.40. The van der Waals surface area contributed by atoms with Gasteiger partial charge in [0.25, 0.3) is 0 Å². The Morgan fingerprint density at radius 2 is 1.53 bits per heavy atom. The van der Waals surface area contributed by atoms with Crippen molar-refractivity contribution in [2.24, 2.45) is 17.3 Å². The molecule has 55 heavy (non-hydrogen) atoms. The van der Waals surface area contributed by atoms with Crippen LogP contribution in [0, 0.1) is 17.3 Å². The zero-order chi connectivity index (χ0) is 39.7. The van der Waals surface area contributed by atoms with Crippen LogP contribution in [0.1, 0.15) is 196 Å². The van der Waals surface area contributed by atoms with Crippen LogP contribution in [-0.2, 0) is 22.4 Å². The van der Waals surface area contributed by atoms with E-state index in [1.54, 1.807) is 6.07 Å². The van der Waals surface area contributed by atoms with E-state index in [2.05, 4.69) is 38.2 Å². The number of esters is 1. The van der Waals surface area contributed by atoms with Crippen LogP contribution in [0.15, 0.2) is 42.5 Å². The molecule has 312 valence electrons. The van der Waals surface area contributed by atoms with Crippen LogP contribution >= 0.6 is 11.6 Å². The molecule has 0 bridgehead atoms. The Morgan fingerprint density at radius 1 is 0.873 bits per heavy atom. The fourth-order valence-corrected chi connectivity index (χ4v) is 9.28. The van der Waals surface area contributed by atoms with Crippen LogP contribution in [0.5, 0.6) is 0 Å². The number of alkyl halides is 1. The third-order valence-electron chi connectivity index (χ3n) is 12.7.